The van der Waals surface area contributed by atoms with E-state index in [0.29, 0.717) is 11.6 Å². The lowest BCUT2D eigenvalue weighted by atomic mass is 10.3. The highest BCUT2D eigenvalue weighted by molar-refractivity contribution is 7.07. The molecule has 3 rings (SSSR count). The molecular weight excluding hydrogens is 317 g/mol. The minimum Gasteiger partial charge on any atom is -0.319 e. The van der Waals surface area contributed by atoms with Crippen molar-refractivity contribution in [1.29, 1.82) is 0 Å². The minimum absolute atomic E-state index is 0.0732. The third-order valence-electron chi connectivity index (χ3n) is 3.00. The lowest BCUT2D eigenvalue weighted by Gasteiger charge is -2.09. The number of benzene rings is 1. The molecule has 0 spiro atoms. The maximum atomic E-state index is 11.3. The number of fused-ring (bicyclic) bond motifs is 1. The number of nitrogens with zero attached hydrogens (tertiary/aromatic N) is 2. The van der Waals surface area contributed by atoms with Crippen LogP contribution in [0.3, 0.4) is 0 Å². The maximum Gasteiger partial charge on any atom is 0.304 e. The summed E-state index contributed by atoms with van der Waals surface area (Å²) >= 11 is 13.6. The zero-order valence-electron chi connectivity index (χ0n) is 10.6. The fourth-order valence-corrected chi connectivity index (χ4v) is 3.20. The minimum atomic E-state index is -0.246. The Labute approximate surface area is 129 Å². The summed E-state index contributed by atoms with van der Waals surface area (Å²) in [5, 5.41) is 2.17. The Balaban J connectivity index is 2.20. The number of hydrogen-bond donors (Lipinski definition) is 1. The highest BCUT2D eigenvalue weighted by Crippen LogP contribution is 2.29. The average molecular weight is 328 g/mol. The van der Waals surface area contributed by atoms with Crippen LogP contribution in [0, 0.1) is 0 Å². The lowest BCUT2D eigenvalue weighted by Crippen LogP contribution is -2.07. The van der Waals surface area contributed by atoms with Gasteiger partial charge in [0.05, 0.1) is 28.0 Å². The number of nitrogens with one attached hydrogen (secondary N) is 1. The maximum absolute atomic E-state index is 11.3. The van der Waals surface area contributed by atoms with Crippen LogP contribution in [-0.4, -0.2) is 14.5 Å². The lowest BCUT2D eigenvalue weighted by molar-refractivity contribution is 0.730. The van der Waals surface area contributed by atoms with Crippen molar-refractivity contribution >= 4 is 45.6 Å². The highest BCUT2D eigenvalue weighted by atomic mass is 35.5. The topological polar surface area (TPSA) is 50.7 Å². The number of H-pyrrole nitrogens is 1. The molecule has 1 N–H and O–H groups in total. The van der Waals surface area contributed by atoms with Gasteiger partial charge in [-0.3, -0.25) is 4.79 Å². The Bertz CT molecular complexity index is 818. The third-order valence-corrected chi connectivity index (χ3v) is 4.22. The summed E-state index contributed by atoms with van der Waals surface area (Å²) in [6, 6.07) is 5.58. The molecule has 0 saturated carbocycles. The van der Waals surface area contributed by atoms with Gasteiger partial charge in [0.2, 0.25) is 0 Å². The van der Waals surface area contributed by atoms with Crippen LogP contribution in [0.4, 0.5) is 0 Å². The van der Waals surface area contributed by atoms with E-state index in [4.69, 9.17) is 23.2 Å². The van der Waals surface area contributed by atoms with Gasteiger partial charge in [-0.15, -0.1) is 11.6 Å². The van der Waals surface area contributed by atoms with Gasteiger partial charge in [-0.1, -0.05) is 29.0 Å². The number of aromatic nitrogens is 3. The van der Waals surface area contributed by atoms with Crippen LogP contribution in [0.15, 0.2) is 28.4 Å². The second-order valence-electron chi connectivity index (χ2n) is 4.45. The van der Waals surface area contributed by atoms with Crippen LogP contribution in [0.25, 0.3) is 11.0 Å². The first-order valence-corrected chi connectivity index (χ1v) is 7.71. The molecule has 0 aliphatic heterocycles. The Kier molecular flexibility index (Phi) is 3.58. The molecule has 1 unspecified atom stereocenters. The van der Waals surface area contributed by atoms with Crippen molar-refractivity contribution in [2.45, 2.75) is 18.8 Å². The number of aromatic amines is 1. The fraction of sp³-hybridized carbons (Fsp3) is 0.231. The first-order valence-electron chi connectivity index (χ1n) is 6.01. The number of thiazole rings is 1. The van der Waals surface area contributed by atoms with E-state index in [-0.39, 0.29) is 10.3 Å². The van der Waals surface area contributed by atoms with Gasteiger partial charge in [-0.05, 0) is 19.1 Å². The summed E-state index contributed by atoms with van der Waals surface area (Å²) in [7, 11) is 0. The van der Waals surface area contributed by atoms with E-state index in [0.717, 1.165) is 33.9 Å². The zero-order valence-corrected chi connectivity index (χ0v) is 12.9. The predicted octanol–water partition coefficient (Wildman–Crippen LogP) is 3.79. The SMILES string of the molecule is CC(Cl)c1nc2cccc(Cl)c2n1Cc1csc(=O)[nH]1. The molecular formula is C13H11Cl2N3OS. The molecule has 0 amide bonds. The first-order chi connectivity index (χ1) is 9.56. The van der Waals surface area contributed by atoms with E-state index in [2.05, 4.69) is 9.97 Å². The van der Waals surface area contributed by atoms with Crippen LogP contribution < -0.4 is 4.87 Å². The van der Waals surface area contributed by atoms with Crippen LogP contribution in [0.1, 0.15) is 23.8 Å². The molecule has 3 aromatic rings. The summed E-state index contributed by atoms with van der Waals surface area (Å²) in [5.41, 5.74) is 2.46. The second-order valence-corrected chi connectivity index (χ2v) is 6.36. The predicted molar refractivity (Wildman–Crippen MR) is 83.1 cm³/mol. The van der Waals surface area contributed by atoms with Gasteiger partial charge >= 0.3 is 4.87 Å². The first kappa shape index (κ1) is 13.7. The van der Waals surface area contributed by atoms with Crippen LogP contribution in [0.5, 0.6) is 0 Å². The summed E-state index contributed by atoms with van der Waals surface area (Å²) in [6.07, 6.45) is 0. The van der Waals surface area contributed by atoms with Gasteiger partial charge in [-0.2, -0.15) is 0 Å². The molecule has 104 valence electrons. The van der Waals surface area contributed by atoms with Crippen molar-refractivity contribution in [2.24, 2.45) is 0 Å². The van der Waals surface area contributed by atoms with E-state index in [9.17, 15) is 4.79 Å². The monoisotopic (exact) mass is 327 g/mol. The molecule has 7 heteroatoms. The van der Waals surface area contributed by atoms with Crippen LogP contribution in [0.2, 0.25) is 5.02 Å². The van der Waals surface area contributed by atoms with Crippen molar-refractivity contribution in [3.63, 3.8) is 0 Å². The van der Waals surface area contributed by atoms with E-state index < -0.39 is 0 Å². The summed E-state index contributed by atoms with van der Waals surface area (Å²) in [6.45, 7) is 2.36. The number of halogens is 2. The molecule has 0 radical (unpaired) electrons. The van der Waals surface area contributed by atoms with Crippen molar-refractivity contribution in [1.82, 2.24) is 14.5 Å². The number of imidazole rings is 1. The third kappa shape index (κ3) is 2.37. The smallest absolute Gasteiger partial charge is 0.304 e. The number of para-hydroxylation sites is 1. The summed E-state index contributed by atoms with van der Waals surface area (Å²) in [4.78, 5) is 18.5. The van der Waals surface area contributed by atoms with E-state index in [1.54, 1.807) is 5.38 Å². The molecule has 1 atom stereocenters. The normalized spacial score (nSPS) is 12.9. The highest BCUT2D eigenvalue weighted by Gasteiger charge is 2.17. The largest absolute Gasteiger partial charge is 0.319 e. The fourth-order valence-electron chi connectivity index (χ4n) is 2.19. The zero-order chi connectivity index (χ0) is 14.3. The van der Waals surface area contributed by atoms with Gasteiger partial charge in [0, 0.05) is 11.1 Å². The number of rotatable bonds is 3. The number of hydrogen-bond acceptors (Lipinski definition) is 3. The summed E-state index contributed by atoms with van der Waals surface area (Å²) < 4.78 is 1.95. The van der Waals surface area contributed by atoms with Crippen molar-refractivity contribution in [3.05, 3.63) is 49.8 Å². The van der Waals surface area contributed by atoms with Crippen LogP contribution >= 0.6 is 34.5 Å². The Morgan fingerprint density at radius 2 is 2.30 bits per heavy atom. The van der Waals surface area contributed by atoms with Crippen molar-refractivity contribution in [2.75, 3.05) is 0 Å². The Morgan fingerprint density at radius 1 is 1.50 bits per heavy atom. The molecule has 4 nitrogen and oxygen atoms in total. The Morgan fingerprint density at radius 3 is 2.95 bits per heavy atom. The quantitative estimate of drug-likeness (QED) is 0.744. The number of alkyl halides is 1. The van der Waals surface area contributed by atoms with E-state index >= 15 is 0 Å². The van der Waals surface area contributed by atoms with Gasteiger partial charge in [0.1, 0.15) is 5.82 Å². The van der Waals surface area contributed by atoms with Crippen molar-refractivity contribution < 1.29 is 0 Å². The van der Waals surface area contributed by atoms with Crippen molar-refractivity contribution in [3.8, 4) is 0 Å². The molecule has 0 bridgehead atoms. The standard InChI is InChI=1S/C13H11Cl2N3OS/c1-7(14)12-17-10-4-2-3-9(15)11(10)18(12)5-8-6-20-13(19)16-8/h2-4,6-7H,5H2,1H3,(H,16,19). The van der Waals surface area contributed by atoms with Gasteiger partial charge < -0.3 is 9.55 Å². The Hall–Kier alpha value is -1.30. The van der Waals surface area contributed by atoms with Gasteiger partial charge in [0.25, 0.3) is 0 Å². The molecule has 2 heterocycles. The van der Waals surface area contributed by atoms with E-state index in [1.165, 1.54) is 0 Å². The van der Waals surface area contributed by atoms with Gasteiger partial charge in [-0.25, -0.2) is 4.98 Å². The average Bonchev–Trinajstić information content (AvgIpc) is 2.95. The molecule has 0 aliphatic carbocycles. The molecule has 1 aromatic carbocycles. The van der Waals surface area contributed by atoms with Gasteiger partial charge in [0.15, 0.2) is 0 Å². The molecule has 0 aliphatic rings. The molecule has 2 aromatic heterocycles. The van der Waals surface area contributed by atoms with Crippen LogP contribution in [-0.2, 0) is 6.54 Å². The summed E-state index contributed by atoms with van der Waals surface area (Å²) in [5.74, 6) is 0.738. The molecule has 0 saturated heterocycles. The van der Waals surface area contributed by atoms with E-state index in [1.807, 2.05) is 29.7 Å². The molecule has 0 fully saturated rings. The second kappa shape index (κ2) is 5.24. The molecule has 20 heavy (non-hydrogen) atoms.